The van der Waals surface area contributed by atoms with Crippen molar-refractivity contribution in [3.05, 3.63) is 0 Å². The molecule has 2 aliphatic rings. The highest BCUT2D eigenvalue weighted by Crippen LogP contribution is 2.26. The topological polar surface area (TPSA) is 43.8 Å². The fraction of sp³-hybridized carbons (Fsp3) is 0.909. The first-order valence-corrected chi connectivity index (χ1v) is 5.85. The zero-order chi connectivity index (χ0) is 10.8. The van der Waals surface area contributed by atoms with E-state index in [-0.39, 0.29) is 6.04 Å². The standard InChI is InChI=1S/C11H20N2O2/c1-12-6-7-13(9-4-2-3-5-9)10(8-12)11(14)15/h9-10H,2-8H2,1H3,(H,14,15). The molecule has 86 valence electrons. The van der Waals surface area contributed by atoms with Crippen LogP contribution in [0.3, 0.4) is 0 Å². The Morgan fingerprint density at radius 1 is 1.27 bits per heavy atom. The SMILES string of the molecule is CN1CCN(C2CCCC2)C(C(=O)O)C1. The van der Waals surface area contributed by atoms with Crippen LogP contribution in [0.2, 0.25) is 0 Å². The van der Waals surface area contributed by atoms with Crippen molar-refractivity contribution in [2.45, 2.75) is 37.8 Å². The zero-order valence-electron chi connectivity index (χ0n) is 9.35. The smallest absolute Gasteiger partial charge is 0.322 e. The summed E-state index contributed by atoms with van der Waals surface area (Å²) in [7, 11) is 2.00. The van der Waals surface area contributed by atoms with Gasteiger partial charge in [0, 0.05) is 25.7 Å². The summed E-state index contributed by atoms with van der Waals surface area (Å²) in [6, 6.07) is 0.242. The molecule has 1 saturated carbocycles. The monoisotopic (exact) mass is 212 g/mol. The van der Waals surface area contributed by atoms with Gasteiger partial charge in [-0.3, -0.25) is 9.69 Å². The molecule has 0 aromatic rings. The lowest BCUT2D eigenvalue weighted by Crippen LogP contribution is -2.58. The summed E-state index contributed by atoms with van der Waals surface area (Å²) in [5.74, 6) is -0.659. The lowest BCUT2D eigenvalue weighted by Gasteiger charge is -2.41. The zero-order valence-corrected chi connectivity index (χ0v) is 9.35. The number of likely N-dealkylation sites (N-methyl/N-ethyl adjacent to an activating group) is 1. The van der Waals surface area contributed by atoms with Crippen molar-refractivity contribution in [2.75, 3.05) is 26.7 Å². The van der Waals surface area contributed by atoms with Crippen molar-refractivity contribution in [2.24, 2.45) is 0 Å². The fourth-order valence-electron chi connectivity index (χ4n) is 2.83. The molecule has 1 aliphatic heterocycles. The highest BCUT2D eigenvalue weighted by Gasteiger charge is 2.36. The predicted octanol–water partition coefficient (Wildman–Crippen LogP) is 0.630. The van der Waals surface area contributed by atoms with E-state index in [1.165, 1.54) is 25.7 Å². The van der Waals surface area contributed by atoms with Gasteiger partial charge in [0.25, 0.3) is 0 Å². The van der Waals surface area contributed by atoms with Crippen LogP contribution in [0.1, 0.15) is 25.7 Å². The van der Waals surface area contributed by atoms with Crippen LogP contribution in [-0.4, -0.2) is 59.6 Å². The van der Waals surface area contributed by atoms with Crippen LogP contribution in [0.15, 0.2) is 0 Å². The van der Waals surface area contributed by atoms with Gasteiger partial charge in [-0.1, -0.05) is 12.8 Å². The van der Waals surface area contributed by atoms with Crippen molar-refractivity contribution >= 4 is 5.97 Å². The van der Waals surface area contributed by atoms with E-state index in [2.05, 4.69) is 9.80 Å². The molecule has 4 heteroatoms. The van der Waals surface area contributed by atoms with E-state index >= 15 is 0 Å². The number of carboxylic acids is 1. The first kappa shape index (κ1) is 10.9. The van der Waals surface area contributed by atoms with Crippen LogP contribution in [0.4, 0.5) is 0 Å². The largest absolute Gasteiger partial charge is 0.480 e. The number of carbonyl (C=O) groups is 1. The number of hydrogen-bond acceptors (Lipinski definition) is 3. The van der Waals surface area contributed by atoms with Crippen molar-refractivity contribution < 1.29 is 9.90 Å². The van der Waals surface area contributed by atoms with Crippen molar-refractivity contribution in [3.8, 4) is 0 Å². The summed E-state index contributed by atoms with van der Waals surface area (Å²) in [5, 5.41) is 9.22. The predicted molar refractivity (Wildman–Crippen MR) is 57.9 cm³/mol. The number of nitrogens with zero attached hydrogens (tertiary/aromatic N) is 2. The Kier molecular flexibility index (Phi) is 3.26. The van der Waals surface area contributed by atoms with Gasteiger partial charge in [-0.15, -0.1) is 0 Å². The molecule has 0 radical (unpaired) electrons. The van der Waals surface area contributed by atoms with Crippen molar-refractivity contribution in [1.82, 2.24) is 9.80 Å². The average molecular weight is 212 g/mol. The van der Waals surface area contributed by atoms with Gasteiger partial charge in [0.2, 0.25) is 0 Å². The molecule has 1 heterocycles. The summed E-state index contributed by atoms with van der Waals surface area (Å²) in [5.41, 5.74) is 0. The van der Waals surface area contributed by atoms with Gasteiger partial charge in [0.1, 0.15) is 6.04 Å². The summed E-state index contributed by atoms with van der Waals surface area (Å²) in [6.45, 7) is 2.59. The number of aliphatic carboxylic acids is 1. The van der Waals surface area contributed by atoms with Crippen LogP contribution in [0.5, 0.6) is 0 Å². The molecule has 0 aromatic carbocycles. The maximum absolute atomic E-state index is 11.2. The van der Waals surface area contributed by atoms with Crippen molar-refractivity contribution in [3.63, 3.8) is 0 Å². The van der Waals surface area contributed by atoms with E-state index in [0.717, 1.165) is 13.1 Å². The van der Waals surface area contributed by atoms with Gasteiger partial charge in [-0.05, 0) is 19.9 Å². The van der Waals surface area contributed by atoms with E-state index in [1.807, 2.05) is 7.05 Å². The molecule has 0 spiro atoms. The van der Waals surface area contributed by atoms with E-state index in [1.54, 1.807) is 0 Å². The number of carboxylic acid groups (broad SMARTS) is 1. The Bertz CT molecular complexity index is 239. The van der Waals surface area contributed by atoms with Crippen LogP contribution in [0, 0.1) is 0 Å². The molecule has 2 fully saturated rings. The quantitative estimate of drug-likeness (QED) is 0.729. The van der Waals surface area contributed by atoms with Crippen molar-refractivity contribution in [1.29, 1.82) is 0 Å². The second-order valence-electron chi connectivity index (χ2n) is 4.79. The first-order valence-electron chi connectivity index (χ1n) is 5.85. The fourth-order valence-corrected chi connectivity index (χ4v) is 2.83. The molecule has 0 aromatic heterocycles. The Hall–Kier alpha value is -0.610. The van der Waals surface area contributed by atoms with Crippen LogP contribution >= 0.6 is 0 Å². The second-order valence-corrected chi connectivity index (χ2v) is 4.79. The molecule has 1 aliphatic carbocycles. The van der Waals surface area contributed by atoms with Gasteiger partial charge >= 0.3 is 5.97 Å². The molecule has 1 N–H and O–H groups in total. The molecule has 1 unspecified atom stereocenters. The van der Waals surface area contributed by atoms with Gasteiger partial charge < -0.3 is 10.0 Å². The molecule has 15 heavy (non-hydrogen) atoms. The first-order chi connectivity index (χ1) is 7.18. The summed E-state index contributed by atoms with van der Waals surface area (Å²) in [6.07, 6.45) is 4.91. The second kappa shape index (κ2) is 4.49. The molecule has 0 bridgehead atoms. The molecular formula is C11H20N2O2. The van der Waals surface area contributed by atoms with E-state index < -0.39 is 5.97 Å². The highest BCUT2D eigenvalue weighted by molar-refractivity contribution is 5.74. The van der Waals surface area contributed by atoms with Gasteiger partial charge in [0.15, 0.2) is 0 Å². The third kappa shape index (κ3) is 2.32. The van der Waals surface area contributed by atoms with Crippen LogP contribution in [0.25, 0.3) is 0 Å². The summed E-state index contributed by atoms with van der Waals surface area (Å²) >= 11 is 0. The molecule has 2 rings (SSSR count). The molecule has 4 nitrogen and oxygen atoms in total. The lowest BCUT2D eigenvalue weighted by molar-refractivity contribution is -0.147. The Labute approximate surface area is 90.9 Å². The number of hydrogen-bond donors (Lipinski definition) is 1. The minimum absolute atomic E-state index is 0.285. The summed E-state index contributed by atoms with van der Waals surface area (Å²) < 4.78 is 0. The molecule has 1 saturated heterocycles. The minimum atomic E-state index is -0.659. The Morgan fingerprint density at radius 3 is 2.53 bits per heavy atom. The van der Waals surface area contributed by atoms with E-state index in [4.69, 9.17) is 0 Å². The Balaban J connectivity index is 2.03. The van der Waals surface area contributed by atoms with E-state index in [9.17, 15) is 9.90 Å². The summed E-state index contributed by atoms with van der Waals surface area (Å²) in [4.78, 5) is 15.5. The number of rotatable bonds is 2. The van der Waals surface area contributed by atoms with E-state index in [0.29, 0.717) is 12.6 Å². The highest BCUT2D eigenvalue weighted by atomic mass is 16.4. The third-order valence-corrected chi connectivity index (χ3v) is 3.70. The normalized spacial score (nSPS) is 30.9. The van der Waals surface area contributed by atoms with Crippen LogP contribution < -0.4 is 0 Å². The molecular weight excluding hydrogens is 192 g/mol. The Morgan fingerprint density at radius 2 is 1.93 bits per heavy atom. The third-order valence-electron chi connectivity index (χ3n) is 3.70. The van der Waals surface area contributed by atoms with Gasteiger partial charge in [-0.25, -0.2) is 0 Å². The van der Waals surface area contributed by atoms with Crippen LogP contribution in [-0.2, 0) is 4.79 Å². The number of piperazine rings is 1. The maximum Gasteiger partial charge on any atom is 0.322 e. The molecule has 0 amide bonds. The molecule has 1 atom stereocenters. The minimum Gasteiger partial charge on any atom is -0.480 e. The lowest BCUT2D eigenvalue weighted by atomic mass is 10.1. The van der Waals surface area contributed by atoms with Gasteiger partial charge in [-0.2, -0.15) is 0 Å². The van der Waals surface area contributed by atoms with Gasteiger partial charge in [0.05, 0.1) is 0 Å². The average Bonchev–Trinajstić information content (AvgIpc) is 2.70. The maximum atomic E-state index is 11.2.